The summed E-state index contributed by atoms with van der Waals surface area (Å²) in [5, 5.41) is -0.503. The largest absolute Gasteiger partial charge is 0.495 e. The van der Waals surface area contributed by atoms with Gasteiger partial charge in [-0.25, -0.2) is 4.79 Å². The van der Waals surface area contributed by atoms with Crippen molar-refractivity contribution in [3.8, 4) is 17.2 Å². The van der Waals surface area contributed by atoms with E-state index >= 15 is 0 Å². The number of ether oxygens (including phenoxy) is 4. The standard InChI is InChI=1S/C26H38BClO7/c1-24(2,3)33-23(29)20-21(31-8)14(10-16(30-7)22(20)32-9)11-19(28)27-34-18-13-15-12-17(25(15,4)5)26(18,6)35-27/h10,15,17-19H,11-13H2,1-9H3/t15-,17-,18+,19?,26-/m0/s1. The van der Waals surface area contributed by atoms with Crippen LogP contribution < -0.4 is 14.2 Å². The quantitative estimate of drug-likeness (QED) is 0.289. The van der Waals surface area contributed by atoms with E-state index in [1.165, 1.54) is 27.8 Å². The predicted octanol–water partition coefficient (Wildman–Crippen LogP) is 5.09. The molecule has 0 amide bonds. The first kappa shape index (κ1) is 26.4. The first-order valence-electron chi connectivity index (χ1n) is 12.3. The lowest BCUT2D eigenvalue weighted by atomic mass is 9.43. The number of halogens is 1. The molecule has 1 saturated heterocycles. The minimum Gasteiger partial charge on any atom is -0.495 e. The average Bonchev–Trinajstić information content (AvgIpc) is 3.14. The average molecular weight is 509 g/mol. The number of hydrogen-bond acceptors (Lipinski definition) is 7. The molecule has 194 valence electrons. The molecule has 1 aromatic carbocycles. The van der Waals surface area contributed by atoms with Crippen LogP contribution in [-0.2, 0) is 20.5 Å². The van der Waals surface area contributed by atoms with Crippen molar-refractivity contribution in [1.82, 2.24) is 0 Å². The SMILES string of the molecule is COc1cc(CC(Cl)B2O[C@@H]3C[C@@H]4C[C@@H](C4(C)C)[C@]3(C)O2)c(OC)c(C(=O)OC(C)(C)C)c1OC. The summed E-state index contributed by atoms with van der Waals surface area (Å²) in [6, 6.07) is 1.78. The molecule has 2 bridgehead atoms. The highest BCUT2D eigenvalue weighted by atomic mass is 35.5. The Kier molecular flexibility index (Phi) is 6.82. The Bertz CT molecular complexity index is 991. The number of methoxy groups -OCH3 is 3. The van der Waals surface area contributed by atoms with Gasteiger partial charge in [0.1, 0.15) is 16.9 Å². The summed E-state index contributed by atoms with van der Waals surface area (Å²) in [6.45, 7) is 12.2. The van der Waals surface area contributed by atoms with E-state index in [0.29, 0.717) is 35.3 Å². The summed E-state index contributed by atoms with van der Waals surface area (Å²) in [7, 11) is 3.94. The fourth-order valence-corrected chi connectivity index (χ4v) is 6.57. The highest BCUT2D eigenvalue weighted by Crippen LogP contribution is 2.65. The van der Waals surface area contributed by atoms with Crippen molar-refractivity contribution in [2.75, 3.05) is 21.3 Å². The Labute approximate surface area is 214 Å². The van der Waals surface area contributed by atoms with E-state index in [9.17, 15) is 4.79 Å². The number of benzene rings is 1. The van der Waals surface area contributed by atoms with Gasteiger partial charge in [-0.05, 0) is 75.8 Å². The third-order valence-corrected chi connectivity index (χ3v) is 8.55. The molecule has 0 spiro atoms. The zero-order valence-corrected chi connectivity index (χ0v) is 23.1. The van der Waals surface area contributed by atoms with Crippen LogP contribution in [0.15, 0.2) is 6.07 Å². The molecule has 1 aliphatic heterocycles. The highest BCUT2D eigenvalue weighted by Gasteiger charge is 2.68. The van der Waals surface area contributed by atoms with Crippen molar-refractivity contribution in [2.45, 2.75) is 83.4 Å². The van der Waals surface area contributed by atoms with Gasteiger partial charge in [-0.3, -0.25) is 0 Å². The van der Waals surface area contributed by atoms with Gasteiger partial charge in [-0.15, -0.1) is 11.6 Å². The van der Waals surface area contributed by atoms with Gasteiger partial charge in [0.25, 0.3) is 0 Å². The molecule has 3 aliphatic carbocycles. The van der Waals surface area contributed by atoms with E-state index in [4.69, 9.17) is 39.9 Å². The van der Waals surface area contributed by atoms with Gasteiger partial charge in [0.2, 0.25) is 0 Å². The van der Waals surface area contributed by atoms with Crippen LogP contribution in [0.1, 0.15) is 70.3 Å². The number of carbonyl (C=O) groups is 1. The maximum Gasteiger partial charge on any atom is 0.477 e. The summed E-state index contributed by atoms with van der Waals surface area (Å²) in [6.07, 6.45) is 2.54. The lowest BCUT2D eigenvalue weighted by Crippen LogP contribution is -2.65. The van der Waals surface area contributed by atoms with Gasteiger partial charge in [-0.1, -0.05) is 13.8 Å². The second kappa shape index (κ2) is 9.03. The number of alkyl halides is 1. The number of hydrogen-bond donors (Lipinski definition) is 0. The summed E-state index contributed by atoms with van der Waals surface area (Å²) < 4.78 is 35.3. The van der Waals surface area contributed by atoms with E-state index in [1.807, 2.05) is 0 Å². The molecule has 1 unspecified atom stereocenters. The van der Waals surface area contributed by atoms with Crippen molar-refractivity contribution in [2.24, 2.45) is 17.3 Å². The Morgan fingerprint density at radius 1 is 1.14 bits per heavy atom. The van der Waals surface area contributed by atoms with E-state index in [2.05, 4.69) is 20.8 Å². The Morgan fingerprint density at radius 3 is 2.34 bits per heavy atom. The fraction of sp³-hybridized carbons (Fsp3) is 0.731. The Balaban J connectivity index is 1.63. The fourth-order valence-electron chi connectivity index (χ4n) is 6.29. The zero-order valence-electron chi connectivity index (χ0n) is 22.3. The minimum atomic E-state index is -0.697. The van der Waals surface area contributed by atoms with Crippen LogP contribution in [0.2, 0.25) is 0 Å². The topological polar surface area (TPSA) is 72.5 Å². The van der Waals surface area contributed by atoms with Crippen LogP contribution >= 0.6 is 11.6 Å². The monoisotopic (exact) mass is 508 g/mol. The molecule has 7 nitrogen and oxygen atoms in total. The van der Waals surface area contributed by atoms with Gasteiger partial charge in [0, 0.05) is 0 Å². The van der Waals surface area contributed by atoms with Crippen LogP contribution in [0.5, 0.6) is 17.2 Å². The summed E-state index contributed by atoms with van der Waals surface area (Å²) in [4.78, 5) is 13.2. The molecular formula is C26H38BClO7. The van der Waals surface area contributed by atoms with Crippen LogP contribution in [0.3, 0.4) is 0 Å². The molecule has 0 N–H and O–H groups in total. The molecule has 5 rings (SSSR count). The molecular weight excluding hydrogens is 471 g/mol. The second-order valence-corrected chi connectivity index (χ2v) is 12.3. The maximum absolute atomic E-state index is 13.2. The first-order valence-corrected chi connectivity index (χ1v) is 12.7. The zero-order chi connectivity index (χ0) is 25.9. The predicted molar refractivity (Wildman–Crippen MR) is 135 cm³/mol. The molecule has 9 heteroatoms. The number of rotatable bonds is 7. The van der Waals surface area contributed by atoms with Gasteiger partial charge >= 0.3 is 13.1 Å². The van der Waals surface area contributed by atoms with E-state index in [1.54, 1.807) is 26.8 Å². The minimum absolute atomic E-state index is 0.0372. The van der Waals surface area contributed by atoms with Crippen molar-refractivity contribution in [3.63, 3.8) is 0 Å². The summed E-state index contributed by atoms with van der Waals surface area (Å²) in [5.41, 5.74) is 0.0546. The molecule has 35 heavy (non-hydrogen) atoms. The third-order valence-electron chi connectivity index (χ3n) is 8.19. The van der Waals surface area contributed by atoms with Crippen molar-refractivity contribution in [1.29, 1.82) is 0 Å². The molecule has 4 fully saturated rings. The Morgan fingerprint density at radius 2 is 1.80 bits per heavy atom. The lowest BCUT2D eigenvalue weighted by Gasteiger charge is -2.64. The third kappa shape index (κ3) is 4.40. The number of esters is 1. The van der Waals surface area contributed by atoms with Gasteiger partial charge in [0.15, 0.2) is 11.5 Å². The summed E-state index contributed by atoms with van der Waals surface area (Å²) in [5.74, 6) is 1.52. The lowest BCUT2D eigenvalue weighted by molar-refractivity contribution is -0.199. The molecule has 0 radical (unpaired) electrons. The second-order valence-electron chi connectivity index (χ2n) is 11.7. The van der Waals surface area contributed by atoms with Crippen LogP contribution in [0.4, 0.5) is 0 Å². The maximum atomic E-state index is 13.2. The normalized spacial score (nSPS) is 29.7. The van der Waals surface area contributed by atoms with Gasteiger partial charge in [0.05, 0.1) is 38.3 Å². The molecule has 1 aromatic rings. The molecule has 4 aliphatic rings. The highest BCUT2D eigenvalue weighted by molar-refractivity contribution is 6.60. The molecule has 0 aromatic heterocycles. The first-order chi connectivity index (χ1) is 16.3. The smallest absolute Gasteiger partial charge is 0.477 e. The van der Waals surface area contributed by atoms with Gasteiger partial charge < -0.3 is 28.3 Å². The van der Waals surface area contributed by atoms with Crippen LogP contribution in [0.25, 0.3) is 0 Å². The summed E-state index contributed by atoms with van der Waals surface area (Å²) >= 11 is 6.92. The van der Waals surface area contributed by atoms with Gasteiger partial charge in [-0.2, -0.15) is 0 Å². The van der Waals surface area contributed by atoms with Crippen LogP contribution in [0, 0.1) is 17.3 Å². The molecule has 3 saturated carbocycles. The number of carbonyl (C=O) groups excluding carboxylic acids is 1. The van der Waals surface area contributed by atoms with Crippen LogP contribution in [-0.4, -0.2) is 57.0 Å². The van der Waals surface area contributed by atoms with E-state index in [-0.39, 0.29) is 28.4 Å². The van der Waals surface area contributed by atoms with E-state index in [0.717, 1.165) is 6.42 Å². The van der Waals surface area contributed by atoms with E-state index < -0.39 is 24.0 Å². The van der Waals surface area contributed by atoms with Crippen molar-refractivity contribution < 1.29 is 33.1 Å². The molecule has 5 atom stereocenters. The molecule has 1 heterocycles. The Hall–Kier alpha value is -1.64. The van der Waals surface area contributed by atoms with Crippen molar-refractivity contribution >= 4 is 24.7 Å². The van der Waals surface area contributed by atoms with Crippen molar-refractivity contribution in [3.05, 3.63) is 17.2 Å².